The molecule has 0 spiro atoms. The molecular formula is C20H20ClF3N4O4. The van der Waals surface area contributed by atoms with Crippen LogP contribution < -0.4 is 0 Å². The number of ether oxygens (including phenoxy) is 1. The number of fused-ring (bicyclic) bond motifs is 3. The van der Waals surface area contributed by atoms with Gasteiger partial charge in [-0.3, -0.25) is 14.2 Å². The third kappa shape index (κ3) is 4.58. The number of aliphatic carboxylic acids is 1. The summed E-state index contributed by atoms with van der Waals surface area (Å²) in [6, 6.07) is 4.43. The van der Waals surface area contributed by atoms with Crippen LogP contribution in [0.15, 0.2) is 18.2 Å². The van der Waals surface area contributed by atoms with Gasteiger partial charge in [-0.15, -0.1) is 10.2 Å². The second-order valence-corrected chi connectivity index (χ2v) is 8.35. The molecular weight excluding hydrogens is 453 g/mol. The Bertz CT molecular complexity index is 1030. The van der Waals surface area contributed by atoms with Gasteiger partial charge in [0.1, 0.15) is 6.10 Å². The van der Waals surface area contributed by atoms with Gasteiger partial charge in [-0.05, 0) is 37.0 Å². The van der Waals surface area contributed by atoms with Crippen LogP contribution in [0.4, 0.5) is 13.2 Å². The number of aromatic nitrogens is 3. The molecule has 1 atom stereocenters. The van der Waals surface area contributed by atoms with E-state index >= 15 is 0 Å². The molecule has 1 N–H and O–H groups in total. The monoisotopic (exact) mass is 472 g/mol. The van der Waals surface area contributed by atoms with Crippen LogP contribution in [0.25, 0.3) is 5.69 Å². The zero-order chi connectivity index (χ0) is 23.0. The Morgan fingerprint density at radius 2 is 1.91 bits per heavy atom. The lowest BCUT2D eigenvalue weighted by Crippen LogP contribution is -2.39. The van der Waals surface area contributed by atoms with Crippen molar-refractivity contribution >= 4 is 23.5 Å². The van der Waals surface area contributed by atoms with Crippen molar-refractivity contribution in [3.05, 3.63) is 40.4 Å². The van der Waals surface area contributed by atoms with Crippen molar-refractivity contribution in [3.63, 3.8) is 0 Å². The van der Waals surface area contributed by atoms with Gasteiger partial charge in [-0.1, -0.05) is 11.6 Å². The number of carbonyl (C=O) groups excluding carboxylic acids is 1. The van der Waals surface area contributed by atoms with E-state index in [4.69, 9.17) is 21.4 Å². The van der Waals surface area contributed by atoms with E-state index in [9.17, 15) is 22.8 Å². The first kappa shape index (κ1) is 22.5. The Morgan fingerprint density at radius 3 is 2.56 bits per heavy atom. The van der Waals surface area contributed by atoms with Crippen LogP contribution in [-0.2, 0) is 27.1 Å². The summed E-state index contributed by atoms with van der Waals surface area (Å²) in [7, 11) is 0. The Balaban J connectivity index is 1.57. The van der Waals surface area contributed by atoms with Crippen molar-refractivity contribution in [2.75, 3.05) is 13.1 Å². The van der Waals surface area contributed by atoms with E-state index in [1.54, 1.807) is 4.90 Å². The van der Waals surface area contributed by atoms with Crippen LogP contribution in [-0.4, -0.2) is 49.7 Å². The number of piperidine rings is 1. The van der Waals surface area contributed by atoms with Gasteiger partial charge < -0.3 is 14.7 Å². The van der Waals surface area contributed by atoms with Crippen molar-refractivity contribution in [2.45, 2.75) is 44.6 Å². The molecule has 4 rings (SSSR count). The minimum Gasteiger partial charge on any atom is -0.481 e. The van der Waals surface area contributed by atoms with Crippen LogP contribution in [0.1, 0.15) is 49.0 Å². The molecule has 32 heavy (non-hydrogen) atoms. The fourth-order valence-electron chi connectivity index (χ4n) is 4.15. The van der Waals surface area contributed by atoms with Crippen LogP contribution in [0, 0.1) is 5.92 Å². The van der Waals surface area contributed by atoms with E-state index in [1.165, 1.54) is 18.2 Å². The van der Waals surface area contributed by atoms with Gasteiger partial charge in [-0.25, -0.2) is 0 Å². The second-order valence-electron chi connectivity index (χ2n) is 7.91. The fourth-order valence-corrected chi connectivity index (χ4v) is 4.34. The average Bonchev–Trinajstić information content (AvgIpc) is 3.11. The maximum Gasteiger partial charge on any atom is 0.452 e. The number of hydrogen-bond donors (Lipinski definition) is 1. The molecule has 1 saturated heterocycles. The molecule has 0 radical (unpaired) electrons. The standard InChI is InChI=1S/C20H20ClF3N4O4/c21-13-1-2-14-12(8-13)10-32-15(18-25-26-19(28(14)18)20(22,23)24)9-16(29)27-5-3-11(4-6-27)7-17(30)31/h1-2,8,11,15H,3-7,9-10H2,(H,30,31)/t15-/m0/s1. The van der Waals surface area contributed by atoms with Crippen molar-refractivity contribution in [2.24, 2.45) is 5.92 Å². The van der Waals surface area contributed by atoms with Gasteiger partial charge >= 0.3 is 12.1 Å². The van der Waals surface area contributed by atoms with Gasteiger partial charge in [0.15, 0.2) is 5.82 Å². The lowest BCUT2D eigenvalue weighted by Gasteiger charge is -2.32. The summed E-state index contributed by atoms with van der Waals surface area (Å²) in [4.78, 5) is 25.3. The van der Waals surface area contributed by atoms with E-state index < -0.39 is 24.1 Å². The molecule has 0 saturated carbocycles. The van der Waals surface area contributed by atoms with E-state index in [1.807, 2.05) is 0 Å². The van der Waals surface area contributed by atoms with Crippen molar-refractivity contribution in [1.82, 2.24) is 19.7 Å². The summed E-state index contributed by atoms with van der Waals surface area (Å²) in [5, 5.41) is 16.3. The molecule has 1 amide bonds. The summed E-state index contributed by atoms with van der Waals surface area (Å²) >= 11 is 6.01. The predicted octanol–water partition coefficient (Wildman–Crippen LogP) is 3.61. The topological polar surface area (TPSA) is 97.6 Å². The first-order valence-electron chi connectivity index (χ1n) is 10.1. The fraction of sp³-hybridized carbons (Fsp3) is 0.500. The van der Waals surface area contributed by atoms with Crippen molar-refractivity contribution in [1.29, 1.82) is 0 Å². The normalized spacial score (nSPS) is 19.2. The molecule has 1 aromatic heterocycles. The molecule has 0 aliphatic carbocycles. The number of carbonyl (C=O) groups is 2. The van der Waals surface area contributed by atoms with Gasteiger partial charge in [-0.2, -0.15) is 13.2 Å². The molecule has 8 nitrogen and oxygen atoms in total. The highest BCUT2D eigenvalue weighted by atomic mass is 35.5. The molecule has 0 bridgehead atoms. The molecule has 1 fully saturated rings. The van der Waals surface area contributed by atoms with E-state index in [-0.39, 0.29) is 42.8 Å². The third-order valence-electron chi connectivity index (χ3n) is 5.74. The Labute approximate surface area is 185 Å². The van der Waals surface area contributed by atoms with Gasteiger partial charge in [0.2, 0.25) is 11.7 Å². The number of hydrogen-bond acceptors (Lipinski definition) is 5. The van der Waals surface area contributed by atoms with Crippen LogP contribution in [0.5, 0.6) is 0 Å². The lowest BCUT2D eigenvalue weighted by molar-refractivity contribution is -0.146. The Kier molecular flexibility index (Phi) is 6.13. The number of benzene rings is 1. The van der Waals surface area contributed by atoms with E-state index in [2.05, 4.69) is 10.2 Å². The number of halogens is 4. The van der Waals surface area contributed by atoms with Crippen LogP contribution >= 0.6 is 11.6 Å². The SMILES string of the molecule is O=C(O)CC1CCN(C(=O)C[C@@H]2OCc3cc(Cl)ccc3-n3c2nnc3C(F)(F)F)CC1. The highest BCUT2D eigenvalue weighted by molar-refractivity contribution is 6.30. The molecule has 2 aliphatic heterocycles. The maximum absolute atomic E-state index is 13.6. The van der Waals surface area contributed by atoms with Gasteiger partial charge in [0.05, 0.1) is 18.7 Å². The molecule has 2 aromatic rings. The Hall–Kier alpha value is -2.66. The second kappa shape index (κ2) is 8.70. The smallest absolute Gasteiger partial charge is 0.452 e. The molecule has 3 heterocycles. The zero-order valence-electron chi connectivity index (χ0n) is 16.8. The average molecular weight is 473 g/mol. The van der Waals surface area contributed by atoms with Crippen LogP contribution in [0.3, 0.4) is 0 Å². The van der Waals surface area contributed by atoms with Crippen LogP contribution in [0.2, 0.25) is 5.02 Å². The van der Waals surface area contributed by atoms with Crippen molar-refractivity contribution < 1.29 is 32.6 Å². The quantitative estimate of drug-likeness (QED) is 0.730. The largest absolute Gasteiger partial charge is 0.481 e. The summed E-state index contributed by atoms with van der Waals surface area (Å²) in [5.41, 5.74) is 0.625. The predicted molar refractivity (Wildman–Crippen MR) is 105 cm³/mol. The van der Waals surface area contributed by atoms with Gasteiger partial charge in [0.25, 0.3) is 0 Å². The highest BCUT2D eigenvalue weighted by Crippen LogP contribution is 2.38. The molecule has 172 valence electrons. The summed E-state index contributed by atoms with van der Waals surface area (Å²) in [6.45, 7) is 0.731. The number of alkyl halides is 3. The molecule has 12 heteroatoms. The Morgan fingerprint density at radius 1 is 1.19 bits per heavy atom. The molecule has 0 unspecified atom stereocenters. The highest BCUT2D eigenvalue weighted by Gasteiger charge is 2.42. The van der Waals surface area contributed by atoms with E-state index in [0.29, 0.717) is 36.5 Å². The molecule has 2 aliphatic rings. The zero-order valence-corrected chi connectivity index (χ0v) is 17.6. The number of rotatable bonds is 4. The summed E-state index contributed by atoms with van der Waals surface area (Å²) < 4.78 is 47.5. The number of carboxylic acid groups (broad SMARTS) is 1. The minimum atomic E-state index is -4.76. The third-order valence-corrected chi connectivity index (χ3v) is 5.98. The van der Waals surface area contributed by atoms with Crippen molar-refractivity contribution in [3.8, 4) is 5.69 Å². The van der Waals surface area contributed by atoms with Gasteiger partial charge in [0, 0.05) is 30.1 Å². The first-order valence-corrected chi connectivity index (χ1v) is 10.4. The number of likely N-dealkylation sites (tertiary alicyclic amines) is 1. The maximum atomic E-state index is 13.6. The summed E-state index contributed by atoms with van der Waals surface area (Å²) in [5.74, 6) is -2.47. The number of carboxylic acids is 1. The summed E-state index contributed by atoms with van der Waals surface area (Å²) in [6.07, 6.45) is -4.83. The first-order chi connectivity index (χ1) is 15.1. The van der Waals surface area contributed by atoms with E-state index in [0.717, 1.165) is 4.57 Å². The minimum absolute atomic E-state index is 0.00220. The molecule has 1 aromatic carbocycles. The number of amides is 1. The lowest BCUT2D eigenvalue weighted by atomic mass is 9.93. The number of nitrogens with zero attached hydrogens (tertiary/aromatic N) is 4.